The summed E-state index contributed by atoms with van der Waals surface area (Å²) in [5, 5.41) is 0.649. The monoisotopic (exact) mass is 418 g/mol. The van der Waals surface area contributed by atoms with Gasteiger partial charge in [-0.25, -0.2) is 0 Å². The number of rotatable bonds is 3. The van der Waals surface area contributed by atoms with Gasteiger partial charge in [-0.1, -0.05) is 29.8 Å². The number of fused-ring (bicyclic) bond motifs is 2. The maximum atomic E-state index is 13.0. The molecular formula is C24H19ClN2O3. The molecule has 5 nitrogen and oxygen atoms in total. The van der Waals surface area contributed by atoms with E-state index in [4.69, 9.17) is 21.1 Å². The quantitative estimate of drug-likeness (QED) is 0.559. The highest BCUT2D eigenvalue weighted by Gasteiger charge is 2.33. The Hall–Kier alpha value is -3.15. The van der Waals surface area contributed by atoms with Crippen LogP contribution in [0.5, 0.6) is 11.5 Å². The molecular weight excluding hydrogens is 400 g/mol. The SMILES string of the molecule is Cc1c2c(cc3c1O/C(=C\c1ccc(Cl)cc1)C3=O)CN(Cc1cccnc1)CO2. The van der Waals surface area contributed by atoms with Crippen molar-refractivity contribution in [1.82, 2.24) is 9.88 Å². The number of hydrogen-bond donors (Lipinski definition) is 0. The summed E-state index contributed by atoms with van der Waals surface area (Å²) in [5.74, 6) is 1.58. The van der Waals surface area contributed by atoms with E-state index in [9.17, 15) is 4.79 Å². The van der Waals surface area contributed by atoms with Gasteiger partial charge in [0.05, 0.1) is 5.56 Å². The molecule has 0 bridgehead atoms. The van der Waals surface area contributed by atoms with Crippen LogP contribution in [0.3, 0.4) is 0 Å². The molecule has 3 aromatic rings. The number of halogens is 1. The van der Waals surface area contributed by atoms with Crippen LogP contribution < -0.4 is 9.47 Å². The minimum Gasteiger partial charge on any atom is -0.477 e. The molecule has 0 spiro atoms. The molecule has 2 aliphatic heterocycles. The van der Waals surface area contributed by atoms with Crippen molar-refractivity contribution in [1.29, 1.82) is 0 Å². The Morgan fingerprint density at radius 2 is 2.03 bits per heavy atom. The summed E-state index contributed by atoms with van der Waals surface area (Å²) < 4.78 is 12.0. The Labute approximate surface area is 179 Å². The molecule has 150 valence electrons. The Balaban J connectivity index is 1.43. The van der Waals surface area contributed by atoms with Crippen molar-refractivity contribution < 1.29 is 14.3 Å². The van der Waals surface area contributed by atoms with Crippen molar-refractivity contribution in [3.05, 3.63) is 93.5 Å². The number of aromatic nitrogens is 1. The van der Waals surface area contributed by atoms with E-state index in [-0.39, 0.29) is 5.78 Å². The van der Waals surface area contributed by atoms with Crippen LogP contribution in [0, 0.1) is 6.92 Å². The zero-order valence-electron chi connectivity index (χ0n) is 16.4. The smallest absolute Gasteiger partial charge is 0.231 e. The van der Waals surface area contributed by atoms with Crippen LogP contribution >= 0.6 is 11.6 Å². The van der Waals surface area contributed by atoms with E-state index in [0.29, 0.717) is 35.4 Å². The van der Waals surface area contributed by atoms with Gasteiger partial charge in [0.1, 0.15) is 18.2 Å². The average molecular weight is 419 g/mol. The molecule has 3 heterocycles. The Bertz CT molecular complexity index is 1160. The number of hydrogen-bond acceptors (Lipinski definition) is 5. The normalized spacial score (nSPS) is 16.7. The largest absolute Gasteiger partial charge is 0.477 e. The van der Waals surface area contributed by atoms with Gasteiger partial charge in [0.25, 0.3) is 0 Å². The molecule has 0 aliphatic carbocycles. The summed E-state index contributed by atoms with van der Waals surface area (Å²) in [6, 6.07) is 13.2. The summed E-state index contributed by atoms with van der Waals surface area (Å²) in [6.45, 7) is 3.84. The summed E-state index contributed by atoms with van der Waals surface area (Å²) in [5.41, 5.74) is 4.41. The third-order valence-electron chi connectivity index (χ3n) is 5.30. The second-order valence-corrected chi connectivity index (χ2v) is 7.92. The third-order valence-corrected chi connectivity index (χ3v) is 5.55. The van der Waals surface area contributed by atoms with Gasteiger partial charge in [-0.2, -0.15) is 0 Å². The molecule has 0 saturated heterocycles. The van der Waals surface area contributed by atoms with Gasteiger partial charge < -0.3 is 9.47 Å². The van der Waals surface area contributed by atoms with Crippen molar-refractivity contribution in [2.75, 3.05) is 6.73 Å². The highest BCUT2D eigenvalue weighted by atomic mass is 35.5. The molecule has 0 fully saturated rings. The second kappa shape index (κ2) is 7.59. The lowest BCUT2D eigenvalue weighted by molar-refractivity contribution is 0.0876. The molecule has 30 heavy (non-hydrogen) atoms. The van der Waals surface area contributed by atoms with E-state index in [0.717, 1.165) is 34.5 Å². The van der Waals surface area contributed by atoms with Crippen LogP contribution in [0.2, 0.25) is 5.02 Å². The summed E-state index contributed by atoms with van der Waals surface area (Å²) in [6.07, 6.45) is 5.36. The fourth-order valence-electron chi connectivity index (χ4n) is 3.86. The first kappa shape index (κ1) is 18.9. The molecule has 0 saturated carbocycles. The number of Topliss-reactive ketones (excluding diaryl/α,β-unsaturated/α-hetero) is 1. The molecule has 0 amide bonds. The Kier molecular flexibility index (Phi) is 4.77. The first-order valence-corrected chi connectivity index (χ1v) is 10.1. The number of benzene rings is 2. The molecule has 0 radical (unpaired) electrons. The fraction of sp³-hybridized carbons (Fsp3) is 0.167. The third kappa shape index (κ3) is 3.47. The average Bonchev–Trinajstić information content (AvgIpc) is 3.06. The molecule has 5 rings (SSSR count). The van der Waals surface area contributed by atoms with E-state index in [1.807, 2.05) is 43.5 Å². The van der Waals surface area contributed by atoms with Crippen molar-refractivity contribution in [3.8, 4) is 11.5 Å². The lowest BCUT2D eigenvalue weighted by Gasteiger charge is -2.30. The van der Waals surface area contributed by atoms with E-state index in [2.05, 4.69) is 9.88 Å². The molecule has 6 heteroatoms. The Morgan fingerprint density at radius 3 is 2.80 bits per heavy atom. The number of carbonyl (C=O) groups is 1. The predicted octanol–water partition coefficient (Wildman–Crippen LogP) is 5.01. The van der Waals surface area contributed by atoms with Gasteiger partial charge in [-0.15, -0.1) is 0 Å². The van der Waals surface area contributed by atoms with Crippen LogP contribution in [-0.4, -0.2) is 22.4 Å². The standard InChI is InChI=1S/C24H19ClN2O3/c1-15-23-18(13-27(14-29-23)12-17-3-2-8-26-11-17)10-20-22(28)21(30-24(15)20)9-16-4-6-19(25)7-5-16/h2-11H,12-14H2,1H3/b21-9-. The molecule has 2 aromatic carbocycles. The van der Waals surface area contributed by atoms with E-state index < -0.39 is 0 Å². The second-order valence-electron chi connectivity index (χ2n) is 7.48. The van der Waals surface area contributed by atoms with Crippen LogP contribution in [0.4, 0.5) is 0 Å². The van der Waals surface area contributed by atoms with Crippen molar-refractivity contribution in [2.24, 2.45) is 0 Å². The van der Waals surface area contributed by atoms with Gasteiger partial charge in [0.2, 0.25) is 5.78 Å². The van der Waals surface area contributed by atoms with Crippen LogP contribution in [0.25, 0.3) is 6.08 Å². The van der Waals surface area contributed by atoms with Gasteiger partial charge in [0, 0.05) is 41.6 Å². The summed E-state index contributed by atoms with van der Waals surface area (Å²) in [7, 11) is 0. The van der Waals surface area contributed by atoms with Gasteiger partial charge in [-0.05, 0) is 48.4 Å². The van der Waals surface area contributed by atoms with E-state index in [1.54, 1.807) is 24.4 Å². The number of allylic oxidation sites excluding steroid dienone is 1. The maximum Gasteiger partial charge on any atom is 0.231 e. The summed E-state index contributed by atoms with van der Waals surface area (Å²) >= 11 is 5.95. The number of nitrogens with zero attached hydrogens (tertiary/aromatic N) is 2. The minimum absolute atomic E-state index is 0.116. The van der Waals surface area contributed by atoms with E-state index >= 15 is 0 Å². The molecule has 0 unspecified atom stereocenters. The molecule has 1 aromatic heterocycles. The topological polar surface area (TPSA) is 51.7 Å². The van der Waals surface area contributed by atoms with Gasteiger partial charge >= 0.3 is 0 Å². The van der Waals surface area contributed by atoms with Crippen LogP contribution in [0.15, 0.2) is 60.6 Å². The van der Waals surface area contributed by atoms with Gasteiger partial charge in [-0.3, -0.25) is 14.7 Å². The number of ketones is 1. The van der Waals surface area contributed by atoms with Crippen molar-refractivity contribution in [2.45, 2.75) is 20.0 Å². The highest BCUT2D eigenvalue weighted by molar-refractivity contribution is 6.30. The number of carbonyl (C=O) groups excluding carboxylic acids is 1. The highest BCUT2D eigenvalue weighted by Crippen LogP contribution is 2.43. The van der Waals surface area contributed by atoms with Crippen LogP contribution in [0.1, 0.15) is 32.6 Å². The summed E-state index contributed by atoms with van der Waals surface area (Å²) in [4.78, 5) is 19.3. The lowest BCUT2D eigenvalue weighted by Crippen LogP contribution is -2.32. The van der Waals surface area contributed by atoms with E-state index in [1.165, 1.54) is 0 Å². The fourth-order valence-corrected chi connectivity index (χ4v) is 3.98. The van der Waals surface area contributed by atoms with Crippen LogP contribution in [-0.2, 0) is 13.1 Å². The zero-order valence-corrected chi connectivity index (χ0v) is 17.1. The predicted molar refractivity (Wildman–Crippen MR) is 115 cm³/mol. The van der Waals surface area contributed by atoms with Gasteiger partial charge in [0.15, 0.2) is 5.76 Å². The first-order valence-electron chi connectivity index (χ1n) is 9.69. The number of ether oxygens (including phenoxy) is 2. The first-order chi connectivity index (χ1) is 14.6. The molecule has 0 atom stereocenters. The maximum absolute atomic E-state index is 13.0. The molecule has 0 N–H and O–H groups in total. The lowest BCUT2D eigenvalue weighted by atomic mass is 10.00. The zero-order chi connectivity index (χ0) is 20.7. The van der Waals surface area contributed by atoms with Crippen molar-refractivity contribution in [3.63, 3.8) is 0 Å². The Morgan fingerprint density at radius 1 is 1.20 bits per heavy atom. The minimum atomic E-state index is -0.116. The van der Waals surface area contributed by atoms with Crippen molar-refractivity contribution >= 4 is 23.5 Å². The molecule has 2 aliphatic rings. The number of pyridine rings is 1.